The SMILES string of the molecule is O=C=NC1CCC(N=C=O)CC1.O=C=NCCCCCCCCCCCCN=C=O. The Morgan fingerprint density at radius 3 is 1.03 bits per heavy atom. The second-order valence-corrected chi connectivity index (χ2v) is 7.38. The van der Waals surface area contributed by atoms with Gasteiger partial charge in [-0.3, -0.25) is 0 Å². The minimum Gasteiger partial charge on any atom is -0.211 e. The van der Waals surface area contributed by atoms with Gasteiger partial charge in [0.2, 0.25) is 24.3 Å². The molecule has 0 atom stereocenters. The zero-order valence-corrected chi connectivity index (χ0v) is 17.9. The van der Waals surface area contributed by atoms with Gasteiger partial charge in [0.25, 0.3) is 0 Å². The first-order valence-electron chi connectivity index (χ1n) is 11.0. The van der Waals surface area contributed by atoms with E-state index in [0.29, 0.717) is 13.1 Å². The van der Waals surface area contributed by atoms with E-state index in [1.54, 1.807) is 24.3 Å². The molecule has 8 nitrogen and oxygen atoms in total. The van der Waals surface area contributed by atoms with Crippen molar-refractivity contribution in [3.8, 4) is 0 Å². The van der Waals surface area contributed by atoms with Gasteiger partial charge in [-0.05, 0) is 38.5 Å². The van der Waals surface area contributed by atoms with E-state index in [2.05, 4.69) is 20.0 Å². The van der Waals surface area contributed by atoms with Crippen molar-refractivity contribution < 1.29 is 19.2 Å². The molecule has 0 heterocycles. The van der Waals surface area contributed by atoms with E-state index in [1.165, 1.54) is 38.5 Å². The zero-order valence-electron chi connectivity index (χ0n) is 17.9. The van der Waals surface area contributed by atoms with Crippen LogP contribution in [-0.4, -0.2) is 49.5 Å². The molecule has 0 aromatic heterocycles. The Hall–Kier alpha value is -2.48. The van der Waals surface area contributed by atoms with Gasteiger partial charge >= 0.3 is 0 Å². The molecule has 0 bridgehead atoms. The van der Waals surface area contributed by atoms with Gasteiger partial charge in [-0.15, -0.1) is 0 Å². The van der Waals surface area contributed by atoms with E-state index in [9.17, 15) is 19.2 Å². The Morgan fingerprint density at radius 2 is 0.767 bits per heavy atom. The van der Waals surface area contributed by atoms with E-state index in [1.807, 2.05) is 0 Å². The smallest absolute Gasteiger partial charge is 0.211 e. The fraction of sp³-hybridized carbons (Fsp3) is 0.818. The van der Waals surface area contributed by atoms with Crippen molar-refractivity contribution >= 4 is 24.3 Å². The van der Waals surface area contributed by atoms with Crippen LogP contribution in [0, 0.1) is 0 Å². The molecule has 1 saturated carbocycles. The first-order valence-corrected chi connectivity index (χ1v) is 11.0. The fourth-order valence-corrected chi connectivity index (χ4v) is 3.35. The summed E-state index contributed by atoms with van der Waals surface area (Å²) < 4.78 is 0. The van der Waals surface area contributed by atoms with Gasteiger partial charge in [-0.1, -0.05) is 51.4 Å². The standard InChI is InChI=1S/C14H24N2O2.C8H10N2O2/c17-13-15-11-9-7-5-3-1-2-4-6-8-10-12-16-14-18;11-5-9-7-1-2-8(4-3-7)10-6-12/h1-12H2;7-8H,1-4H2. The second-order valence-electron chi connectivity index (χ2n) is 7.38. The number of hydrogen-bond donors (Lipinski definition) is 0. The van der Waals surface area contributed by atoms with Gasteiger partial charge in [0, 0.05) is 0 Å². The molecule has 0 amide bonds. The summed E-state index contributed by atoms with van der Waals surface area (Å²) in [6.45, 7) is 1.26. The lowest BCUT2D eigenvalue weighted by Crippen LogP contribution is -2.19. The maximum atomic E-state index is 9.90. The largest absolute Gasteiger partial charge is 0.235 e. The average molecular weight is 419 g/mol. The van der Waals surface area contributed by atoms with Crippen LogP contribution in [-0.2, 0) is 19.2 Å². The quantitative estimate of drug-likeness (QED) is 0.220. The number of rotatable bonds is 15. The molecule has 0 aromatic carbocycles. The van der Waals surface area contributed by atoms with Crippen LogP contribution in [0.15, 0.2) is 20.0 Å². The van der Waals surface area contributed by atoms with Crippen molar-refractivity contribution in [2.24, 2.45) is 20.0 Å². The van der Waals surface area contributed by atoms with Crippen LogP contribution in [0.4, 0.5) is 0 Å². The summed E-state index contributed by atoms with van der Waals surface area (Å²) in [5.41, 5.74) is 0. The third kappa shape index (κ3) is 18.9. The molecular weight excluding hydrogens is 384 g/mol. The maximum absolute atomic E-state index is 9.90. The molecule has 1 aliphatic carbocycles. The normalized spacial score (nSPS) is 17.1. The van der Waals surface area contributed by atoms with Gasteiger partial charge in [-0.2, -0.15) is 0 Å². The lowest BCUT2D eigenvalue weighted by molar-refractivity contribution is 0.394. The molecule has 8 heteroatoms. The molecule has 1 fully saturated rings. The van der Waals surface area contributed by atoms with E-state index < -0.39 is 0 Å². The molecule has 0 unspecified atom stereocenters. The highest BCUT2D eigenvalue weighted by molar-refractivity contribution is 5.34. The summed E-state index contributed by atoms with van der Waals surface area (Å²) in [5, 5.41) is 0. The molecule has 0 spiro atoms. The molecule has 1 rings (SSSR count). The summed E-state index contributed by atoms with van der Waals surface area (Å²) in [6.07, 6.45) is 21.5. The first-order chi connectivity index (χ1) is 14.8. The summed E-state index contributed by atoms with van der Waals surface area (Å²) in [7, 11) is 0. The Labute approximate surface area is 179 Å². The Bertz CT molecular complexity index is 553. The van der Waals surface area contributed by atoms with Crippen LogP contribution >= 0.6 is 0 Å². The van der Waals surface area contributed by atoms with Crippen molar-refractivity contribution in [3.63, 3.8) is 0 Å². The fourth-order valence-electron chi connectivity index (χ4n) is 3.35. The predicted molar refractivity (Wildman–Crippen MR) is 114 cm³/mol. The molecule has 30 heavy (non-hydrogen) atoms. The molecule has 0 aromatic rings. The van der Waals surface area contributed by atoms with Crippen molar-refractivity contribution in [3.05, 3.63) is 0 Å². The molecule has 1 aliphatic rings. The van der Waals surface area contributed by atoms with Crippen molar-refractivity contribution in [1.29, 1.82) is 0 Å². The average Bonchev–Trinajstić information content (AvgIpc) is 2.76. The lowest BCUT2D eigenvalue weighted by Gasteiger charge is -2.20. The Kier molecular flexibility index (Phi) is 20.9. The first kappa shape index (κ1) is 27.5. The predicted octanol–water partition coefficient (Wildman–Crippen LogP) is 4.53. The van der Waals surface area contributed by atoms with Gasteiger partial charge in [0.1, 0.15) is 0 Å². The van der Waals surface area contributed by atoms with E-state index >= 15 is 0 Å². The number of isocyanates is 4. The maximum Gasteiger partial charge on any atom is 0.235 e. The van der Waals surface area contributed by atoms with Crippen molar-refractivity contribution in [2.75, 3.05) is 13.1 Å². The molecule has 166 valence electrons. The van der Waals surface area contributed by atoms with Crippen LogP contribution in [0.3, 0.4) is 0 Å². The third-order valence-electron chi connectivity index (χ3n) is 5.06. The summed E-state index contributed by atoms with van der Waals surface area (Å²) in [6, 6.07) is 0.196. The molecule has 0 aliphatic heterocycles. The molecule has 0 radical (unpaired) electrons. The van der Waals surface area contributed by atoms with Crippen molar-refractivity contribution in [1.82, 2.24) is 0 Å². The van der Waals surface area contributed by atoms with Crippen LogP contribution < -0.4 is 0 Å². The highest BCUT2D eigenvalue weighted by atomic mass is 16.1. The minimum atomic E-state index is 0.0978. The van der Waals surface area contributed by atoms with Gasteiger partial charge < -0.3 is 0 Å². The number of unbranched alkanes of at least 4 members (excludes halogenated alkanes) is 9. The van der Waals surface area contributed by atoms with Crippen molar-refractivity contribution in [2.45, 2.75) is 102 Å². The summed E-state index contributed by atoms with van der Waals surface area (Å²) >= 11 is 0. The summed E-state index contributed by atoms with van der Waals surface area (Å²) in [4.78, 5) is 53.7. The number of hydrogen-bond acceptors (Lipinski definition) is 8. The van der Waals surface area contributed by atoms with E-state index in [4.69, 9.17) is 0 Å². The van der Waals surface area contributed by atoms with Gasteiger partial charge in [0.15, 0.2) is 0 Å². The monoisotopic (exact) mass is 418 g/mol. The Morgan fingerprint density at radius 1 is 0.467 bits per heavy atom. The van der Waals surface area contributed by atoms with Gasteiger partial charge in [0.05, 0.1) is 25.2 Å². The topological polar surface area (TPSA) is 118 Å². The second kappa shape index (κ2) is 22.8. The highest BCUT2D eigenvalue weighted by Crippen LogP contribution is 2.22. The lowest BCUT2D eigenvalue weighted by atomic mass is 9.92. The third-order valence-corrected chi connectivity index (χ3v) is 5.06. The number of aliphatic imine (C=N–C) groups is 4. The Balaban J connectivity index is 0.000000604. The minimum absolute atomic E-state index is 0.0978. The van der Waals surface area contributed by atoms with E-state index in [-0.39, 0.29) is 12.1 Å². The molecule has 0 N–H and O–H groups in total. The summed E-state index contributed by atoms with van der Waals surface area (Å²) in [5.74, 6) is 0. The van der Waals surface area contributed by atoms with Crippen LogP contribution in [0.25, 0.3) is 0 Å². The number of nitrogens with zero attached hydrogens (tertiary/aromatic N) is 4. The molecule has 0 saturated heterocycles. The number of carbonyl (C=O) groups excluding carboxylic acids is 4. The van der Waals surface area contributed by atoms with E-state index in [0.717, 1.165) is 51.4 Å². The zero-order chi connectivity index (χ0) is 22.1. The highest BCUT2D eigenvalue weighted by Gasteiger charge is 2.19. The molecular formula is C22H34N4O4. The van der Waals surface area contributed by atoms with Crippen LogP contribution in [0.5, 0.6) is 0 Å². The van der Waals surface area contributed by atoms with Crippen LogP contribution in [0.2, 0.25) is 0 Å². The van der Waals surface area contributed by atoms with Crippen LogP contribution in [0.1, 0.15) is 89.9 Å². The van der Waals surface area contributed by atoms with Gasteiger partial charge in [-0.25, -0.2) is 39.1 Å².